The van der Waals surface area contributed by atoms with Crippen LogP contribution in [-0.4, -0.2) is 22.4 Å². The van der Waals surface area contributed by atoms with Crippen molar-refractivity contribution in [2.24, 2.45) is 5.73 Å². The molecule has 5 N–H and O–H groups in total. The van der Waals surface area contributed by atoms with Gasteiger partial charge < -0.3 is 21.3 Å². The summed E-state index contributed by atoms with van der Waals surface area (Å²) >= 11 is 0. The lowest BCUT2D eigenvalue weighted by atomic mass is 9.92. The average Bonchev–Trinajstić information content (AvgIpc) is 2.26. The van der Waals surface area contributed by atoms with Crippen LogP contribution in [0.5, 0.6) is 0 Å². The molecule has 0 saturated carbocycles. The Morgan fingerprint density at radius 2 is 1.80 bits per heavy atom. The van der Waals surface area contributed by atoms with Crippen molar-refractivity contribution in [2.75, 3.05) is 0 Å². The van der Waals surface area contributed by atoms with E-state index >= 15 is 0 Å². The van der Waals surface area contributed by atoms with Gasteiger partial charge in [-0.3, -0.25) is 0 Å². The first-order valence-electron chi connectivity index (χ1n) is 5.82. The SMILES string of the molecule is C=C(C)c1cccc(C(C)(C)NC(=O)O)c1.NC(=O)O. The zero-order chi connectivity index (χ0) is 15.9. The van der Waals surface area contributed by atoms with Gasteiger partial charge in [0.2, 0.25) is 0 Å². The van der Waals surface area contributed by atoms with Crippen molar-refractivity contribution in [2.45, 2.75) is 26.3 Å². The van der Waals surface area contributed by atoms with Gasteiger partial charge in [-0.05, 0) is 38.0 Å². The number of nitrogens with one attached hydrogen (secondary N) is 1. The molecule has 0 spiro atoms. The molecule has 6 nitrogen and oxygen atoms in total. The van der Waals surface area contributed by atoms with Gasteiger partial charge in [-0.25, -0.2) is 9.59 Å². The first kappa shape index (κ1) is 17.5. The molecule has 1 aromatic carbocycles. The fraction of sp³-hybridized carbons (Fsp3) is 0.286. The van der Waals surface area contributed by atoms with E-state index in [4.69, 9.17) is 15.0 Å². The van der Waals surface area contributed by atoms with E-state index in [0.717, 1.165) is 16.7 Å². The molecule has 0 saturated heterocycles. The minimum atomic E-state index is -1.33. The van der Waals surface area contributed by atoms with Crippen LogP contribution in [0.4, 0.5) is 9.59 Å². The molecule has 0 bridgehead atoms. The van der Waals surface area contributed by atoms with E-state index in [2.05, 4.69) is 17.6 Å². The molecule has 0 aliphatic heterocycles. The van der Waals surface area contributed by atoms with Gasteiger partial charge in [-0.2, -0.15) is 0 Å². The van der Waals surface area contributed by atoms with Crippen molar-refractivity contribution in [3.8, 4) is 0 Å². The summed E-state index contributed by atoms with van der Waals surface area (Å²) in [5.41, 5.74) is 6.35. The van der Waals surface area contributed by atoms with E-state index in [-0.39, 0.29) is 0 Å². The molecule has 0 aliphatic carbocycles. The van der Waals surface area contributed by atoms with Crippen LogP contribution >= 0.6 is 0 Å². The Bertz CT molecular complexity index is 506. The molecule has 0 aromatic heterocycles. The van der Waals surface area contributed by atoms with Crippen LogP contribution in [0.25, 0.3) is 5.57 Å². The van der Waals surface area contributed by atoms with Crippen LogP contribution in [0.2, 0.25) is 0 Å². The Labute approximate surface area is 117 Å². The van der Waals surface area contributed by atoms with Crippen molar-refractivity contribution in [3.05, 3.63) is 42.0 Å². The van der Waals surface area contributed by atoms with Gasteiger partial charge in [0, 0.05) is 0 Å². The highest BCUT2D eigenvalue weighted by Gasteiger charge is 2.22. The lowest BCUT2D eigenvalue weighted by molar-refractivity contribution is 0.182. The Morgan fingerprint density at radius 3 is 2.20 bits per heavy atom. The highest BCUT2D eigenvalue weighted by Crippen LogP contribution is 2.23. The number of carbonyl (C=O) groups is 2. The molecule has 1 rings (SSSR count). The van der Waals surface area contributed by atoms with Crippen LogP contribution in [0, 0.1) is 0 Å². The smallest absolute Gasteiger partial charge is 0.405 e. The standard InChI is InChI=1S/C13H17NO2.CH3NO2/c1-9(2)10-6-5-7-11(8-10)13(3,4)14-12(15)16;2-1(3)4/h5-8,14H,1H2,2-4H3,(H,15,16);2H2,(H,3,4). The molecule has 0 fully saturated rings. The summed E-state index contributed by atoms with van der Waals surface area (Å²) in [7, 11) is 0. The van der Waals surface area contributed by atoms with Crippen molar-refractivity contribution >= 4 is 17.8 Å². The Kier molecular flexibility index (Phi) is 6.28. The number of benzene rings is 1. The Hall–Kier alpha value is -2.50. The molecular weight excluding hydrogens is 260 g/mol. The van der Waals surface area contributed by atoms with Gasteiger partial charge in [0.05, 0.1) is 5.54 Å². The summed E-state index contributed by atoms with van der Waals surface area (Å²) in [6.45, 7) is 9.46. The fourth-order valence-electron chi connectivity index (χ4n) is 1.51. The maximum atomic E-state index is 10.7. The van der Waals surface area contributed by atoms with E-state index < -0.39 is 17.7 Å². The maximum absolute atomic E-state index is 10.7. The first-order valence-corrected chi connectivity index (χ1v) is 5.82. The van der Waals surface area contributed by atoms with Crippen LogP contribution in [-0.2, 0) is 5.54 Å². The first-order chi connectivity index (χ1) is 9.06. The fourth-order valence-corrected chi connectivity index (χ4v) is 1.51. The molecule has 1 aromatic rings. The maximum Gasteiger partial charge on any atom is 0.405 e. The van der Waals surface area contributed by atoms with Crippen molar-refractivity contribution in [3.63, 3.8) is 0 Å². The lowest BCUT2D eigenvalue weighted by Crippen LogP contribution is -2.40. The number of amides is 2. The quantitative estimate of drug-likeness (QED) is 0.681. The molecule has 2 amide bonds. The number of hydrogen-bond donors (Lipinski definition) is 4. The lowest BCUT2D eigenvalue weighted by Gasteiger charge is -2.25. The van der Waals surface area contributed by atoms with E-state index in [1.165, 1.54) is 0 Å². The van der Waals surface area contributed by atoms with E-state index in [1.807, 2.05) is 45.0 Å². The van der Waals surface area contributed by atoms with Crippen molar-refractivity contribution in [1.82, 2.24) is 5.32 Å². The van der Waals surface area contributed by atoms with Gasteiger partial charge in [-0.1, -0.05) is 30.4 Å². The third-order valence-corrected chi connectivity index (χ3v) is 2.50. The van der Waals surface area contributed by atoms with E-state index in [0.29, 0.717) is 0 Å². The second kappa shape index (κ2) is 7.18. The predicted octanol–water partition coefficient (Wildman–Crippen LogP) is 2.85. The molecular formula is C14H20N2O4. The predicted molar refractivity (Wildman–Crippen MR) is 77.5 cm³/mol. The largest absolute Gasteiger partial charge is 0.465 e. The summed E-state index contributed by atoms with van der Waals surface area (Å²) in [5.74, 6) is 0. The van der Waals surface area contributed by atoms with Gasteiger partial charge in [0.15, 0.2) is 0 Å². The van der Waals surface area contributed by atoms with Crippen LogP contribution in [0.1, 0.15) is 31.9 Å². The number of rotatable bonds is 3. The van der Waals surface area contributed by atoms with E-state index in [1.54, 1.807) is 0 Å². The summed E-state index contributed by atoms with van der Waals surface area (Å²) in [4.78, 5) is 19.5. The number of nitrogens with two attached hydrogens (primary N) is 1. The van der Waals surface area contributed by atoms with Gasteiger partial charge in [-0.15, -0.1) is 0 Å². The van der Waals surface area contributed by atoms with Crippen molar-refractivity contribution < 1.29 is 19.8 Å². The minimum Gasteiger partial charge on any atom is -0.465 e. The third-order valence-electron chi connectivity index (χ3n) is 2.50. The van der Waals surface area contributed by atoms with Crippen LogP contribution < -0.4 is 11.1 Å². The molecule has 110 valence electrons. The number of primary amides is 1. The highest BCUT2D eigenvalue weighted by molar-refractivity contribution is 5.67. The minimum absolute atomic E-state index is 0.600. The van der Waals surface area contributed by atoms with Crippen LogP contribution in [0.15, 0.2) is 30.8 Å². The number of allylic oxidation sites excluding steroid dienone is 1. The summed E-state index contributed by atoms with van der Waals surface area (Å²) in [6, 6.07) is 7.73. The summed E-state index contributed by atoms with van der Waals surface area (Å²) in [5, 5.41) is 18.4. The molecule has 0 radical (unpaired) electrons. The van der Waals surface area contributed by atoms with Crippen LogP contribution in [0.3, 0.4) is 0 Å². The van der Waals surface area contributed by atoms with Crippen molar-refractivity contribution in [1.29, 1.82) is 0 Å². The Balaban J connectivity index is 0.000000796. The highest BCUT2D eigenvalue weighted by atomic mass is 16.4. The van der Waals surface area contributed by atoms with Gasteiger partial charge >= 0.3 is 12.2 Å². The molecule has 0 unspecified atom stereocenters. The number of hydrogen-bond acceptors (Lipinski definition) is 2. The monoisotopic (exact) mass is 280 g/mol. The third kappa shape index (κ3) is 6.44. The zero-order valence-corrected chi connectivity index (χ0v) is 11.8. The zero-order valence-electron chi connectivity index (χ0n) is 11.8. The molecule has 0 atom stereocenters. The molecule has 6 heteroatoms. The molecule has 20 heavy (non-hydrogen) atoms. The topological polar surface area (TPSA) is 113 Å². The normalized spacial score (nSPS) is 9.95. The Morgan fingerprint density at radius 1 is 1.30 bits per heavy atom. The molecule has 0 heterocycles. The summed E-state index contributed by atoms with van der Waals surface area (Å²) in [6.07, 6.45) is -2.36. The van der Waals surface area contributed by atoms with Gasteiger partial charge in [0.1, 0.15) is 0 Å². The van der Waals surface area contributed by atoms with E-state index in [9.17, 15) is 4.79 Å². The number of carboxylic acid groups (broad SMARTS) is 2. The second-order valence-corrected chi connectivity index (χ2v) is 4.75. The summed E-state index contributed by atoms with van der Waals surface area (Å²) < 4.78 is 0. The average molecular weight is 280 g/mol. The molecule has 0 aliphatic rings. The second-order valence-electron chi connectivity index (χ2n) is 4.75. The van der Waals surface area contributed by atoms with Gasteiger partial charge in [0.25, 0.3) is 0 Å².